The molecule has 0 fully saturated rings. The van der Waals surface area contributed by atoms with Crippen molar-refractivity contribution in [3.8, 4) is 0 Å². The van der Waals surface area contributed by atoms with Crippen LogP contribution < -0.4 is 16.0 Å². The molecule has 0 aliphatic carbocycles. The van der Waals surface area contributed by atoms with Crippen LogP contribution in [0.4, 0.5) is 0 Å². The highest BCUT2D eigenvalue weighted by Gasteiger charge is 2.04. The SMILES string of the molecule is CCCCCNC(=NC)NCCNC(=O)C(C)C.I. The zero-order valence-electron chi connectivity index (χ0n) is 12.6. The van der Waals surface area contributed by atoms with Crippen LogP contribution >= 0.6 is 24.0 Å². The van der Waals surface area contributed by atoms with Gasteiger partial charge in [-0.25, -0.2) is 0 Å². The predicted molar refractivity (Wildman–Crippen MR) is 92.2 cm³/mol. The minimum atomic E-state index is 0. The maximum atomic E-state index is 11.3. The van der Waals surface area contributed by atoms with Gasteiger partial charge in [-0.05, 0) is 6.42 Å². The second-order valence-electron chi connectivity index (χ2n) is 4.58. The number of carbonyl (C=O) groups excluding carboxylic acids is 1. The molecule has 0 spiro atoms. The van der Waals surface area contributed by atoms with Gasteiger partial charge in [0.05, 0.1) is 0 Å². The van der Waals surface area contributed by atoms with Crippen LogP contribution in [-0.2, 0) is 4.79 Å². The van der Waals surface area contributed by atoms with E-state index in [0.717, 1.165) is 18.9 Å². The van der Waals surface area contributed by atoms with Crippen LogP contribution in [0.5, 0.6) is 0 Å². The number of unbranched alkanes of at least 4 members (excludes halogenated alkanes) is 2. The van der Waals surface area contributed by atoms with Gasteiger partial charge in [0.2, 0.25) is 5.91 Å². The monoisotopic (exact) mass is 384 g/mol. The van der Waals surface area contributed by atoms with E-state index in [1.807, 2.05) is 13.8 Å². The molecule has 0 rings (SSSR count). The molecule has 0 bridgehead atoms. The van der Waals surface area contributed by atoms with Gasteiger partial charge in [-0.3, -0.25) is 9.79 Å². The van der Waals surface area contributed by atoms with Crippen molar-refractivity contribution in [2.45, 2.75) is 40.0 Å². The highest BCUT2D eigenvalue weighted by Crippen LogP contribution is 1.91. The Labute approximate surface area is 134 Å². The molecule has 0 aliphatic rings. The van der Waals surface area contributed by atoms with E-state index in [4.69, 9.17) is 0 Å². The molecule has 0 unspecified atom stereocenters. The van der Waals surface area contributed by atoms with Gasteiger partial charge in [-0.2, -0.15) is 0 Å². The lowest BCUT2D eigenvalue weighted by Crippen LogP contribution is -2.42. The van der Waals surface area contributed by atoms with Crippen LogP contribution in [0.25, 0.3) is 0 Å². The summed E-state index contributed by atoms with van der Waals surface area (Å²) < 4.78 is 0. The highest BCUT2D eigenvalue weighted by atomic mass is 127. The zero-order chi connectivity index (χ0) is 13.8. The lowest BCUT2D eigenvalue weighted by Gasteiger charge is -2.12. The zero-order valence-corrected chi connectivity index (χ0v) is 14.9. The van der Waals surface area contributed by atoms with Gasteiger partial charge in [0.1, 0.15) is 0 Å². The third-order valence-corrected chi connectivity index (χ3v) is 2.54. The van der Waals surface area contributed by atoms with Crippen LogP contribution in [0.15, 0.2) is 4.99 Å². The molecule has 114 valence electrons. The van der Waals surface area contributed by atoms with Crippen molar-refractivity contribution < 1.29 is 4.79 Å². The van der Waals surface area contributed by atoms with Crippen molar-refractivity contribution >= 4 is 35.8 Å². The van der Waals surface area contributed by atoms with E-state index in [-0.39, 0.29) is 35.8 Å². The molecule has 0 aromatic heterocycles. The number of aliphatic imine (C=N–C) groups is 1. The lowest BCUT2D eigenvalue weighted by atomic mass is 10.2. The van der Waals surface area contributed by atoms with Gasteiger partial charge in [-0.15, -0.1) is 24.0 Å². The van der Waals surface area contributed by atoms with Crippen molar-refractivity contribution in [2.75, 3.05) is 26.7 Å². The normalized spacial score (nSPS) is 10.9. The summed E-state index contributed by atoms with van der Waals surface area (Å²) in [5, 5.41) is 9.26. The fourth-order valence-corrected chi connectivity index (χ4v) is 1.37. The van der Waals surface area contributed by atoms with E-state index in [0.29, 0.717) is 13.1 Å². The number of hydrogen-bond acceptors (Lipinski definition) is 2. The van der Waals surface area contributed by atoms with Gasteiger partial charge < -0.3 is 16.0 Å². The molecule has 0 aromatic carbocycles. The molecule has 0 atom stereocenters. The molecule has 0 aromatic rings. The average molecular weight is 384 g/mol. The molecule has 19 heavy (non-hydrogen) atoms. The van der Waals surface area contributed by atoms with Crippen LogP contribution in [0, 0.1) is 5.92 Å². The van der Waals surface area contributed by atoms with Crippen molar-refractivity contribution in [3.05, 3.63) is 0 Å². The van der Waals surface area contributed by atoms with Crippen molar-refractivity contribution in [1.82, 2.24) is 16.0 Å². The first-order valence-corrected chi connectivity index (χ1v) is 6.84. The number of nitrogens with zero attached hydrogens (tertiary/aromatic N) is 1. The van der Waals surface area contributed by atoms with E-state index < -0.39 is 0 Å². The second kappa shape index (κ2) is 13.9. The third-order valence-electron chi connectivity index (χ3n) is 2.54. The predicted octanol–water partition coefficient (Wildman–Crippen LogP) is 1.73. The summed E-state index contributed by atoms with van der Waals surface area (Å²) in [6.45, 7) is 8.20. The third kappa shape index (κ3) is 12.3. The first-order valence-electron chi connectivity index (χ1n) is 6.84. The van der Waals surface area contributed by atoms with E-state index in [1.54, 1.807) is 7.05 Å². The van der Waals surface area contributed by atoms with Crippen LogP contribution in [0.3, 0.4) is 0 Å². The number of hydrogen-bond donors (Lipinski definition) is 3. The summed E-state index contributed by atoms with van der Waals surface area (Å²) in [4.78, 5) is 15.4. The molecule has 0 saturated carbocycles. The fraction of sp³-hybridized carbons (Fsp3) is 0.846. The average Bonchev–Trinajstić information content (AvgIpc) is 2.36. The van der Waals surface area contributed by atoms with Crippen LogP contribution in [-0.4, -0.2) is 38.5 Å². The largest absolute Gasteiger partial charge is 0.356 e. The second-order valence-corrected chi connectivity index (χ2v) is 4.58. The first-order chi connectivity index (χ1) is 8.61. The fourth-order valence-electron chi connectivity index (χ4n) is 1.37. The molecule has 5 nitrogen and oxygen atoms in total. The summed E-state index contributed by atoms with van der Waals surface area (Å²) in [6, 6.07) is 0. The topological polar surface area (TPSA) is 65.5 Å². The summed E-state index contributed by atoms with van der Waals surface area (Å²) in [7, 11) is 1.75. The number of rotatable bonds is 8. The number of guanidine groups is 1. The van der Waals surface area contributed by atoms with E-state index in [9.17, 15) is 4.79 Å². The van der Waals surface area contributed by atoms with Gasteiger partial charge in [-0.1, -0.05) is 33.6 Å². The lowest BCUT2D eigenvalue weighted by molar-refractivity contribution is -0.123. The Morgan fingerprint density at radius 1 is 1.05 bits per heavy atom. The maximum Gasteiger partial charge on any atom is 0.222 e. The summed E-state index contributed by atoms with van der Waals surface area (Å²) >= 11 is 0. The minimum absolute atomic E-state index is 0. The summed E-state index contributed by atoms with van der Waals surface area (Å²) in [6.07, 6.45) is 3.60. The Kier molecular flexibility index (Phi) is 15.2. The van der Waals surface area contributed by atoms with E-state index >= 15 is 0 Å². The van der Waals surface area contributed by atoms with Gasteiger partial charge in [0, 0.05) is 32.6 Å². The van der Waals surface area contributed by atoms with Gasteiger partial charge in [0.15, 0.2) is 5.96 Å². The molecule has 1 amide bonds. The quantitative estimate of drug-likeness (QED) is 0.259. The maximum absolute atomic E-state index is 11.3. The molecular formula is C13H29IN4O. The summed E-state index contributed by atoms with van der Waals surface area (Å²) in [5.74, 6) is 0.920. The Morgan fingerprint density at radius 2 is 1.63 bits per heavy atom. The van der Waals surface area contributed by atoms with E-state index in [1.165, 1.54) is 12.8 Å². The van der Waals surface area contributed by atoms with Crippen LogP contribution in [0.2, 0.25) is 0 Å². The molecule has 0 aliphatic heterocycles. The molecule has 6 heteroatoms. The number of carbonyl (C=O) groups is 1. The number of amides is 1. The summed E-state index contributed by atoms with van der Waals surface area (Å²) in [5.41, 5.74) is 0. The molecule has 0 heterocycles. The minimum Gasteiger partial charge on any atom is -0.356 e. The Morgan fingerprint density at radius 3 is 2.16 bits per heavy atom. The van der Waals surface area contributed by atoms with Crippen molar-refractivity contribution in [3.63, 3.8) is 0 Å². The van der Waals surface area contributed by atoms with E-state index in [2.05, 4.69) is 27.9 Å². The molecular weight excluding hydrogens is 355 g/mol. The Bertz CT molecular complexity index is 257. The molecule has 0 radical (unpaired) electrons. The van der Waals surface area contributed by atoms with Gasteiger partial charge in [0.25, 0.3) is 0 Å². The van der Waals surface area contributed by atoms with Gasteiger partial charge >= 0.3 is 0 Å². The van der Waals surface area contributed by atoms with Crippen molar-refractivity contribution in [2.24, 2.45) is 10.9 Å². The standard InChI is InChI=1S/C13H28N4O.HI/c1-5-6-7-8-16-13(14-4)17-10-9-15-12(18)11(2)3;/h11H,5-10H2,1-4H3,(H,15,18)(H2,14,16,17);1H. The smallest absolute Gasteiger partial charge is 0.222 e. The van der Waals surface area contributed by atoms with Crippen molar-refractivity contribution in [1.29, 1.82) is 0 Å². The first kappa shape index (κ1) is 20.8. The molecule has 0 saturated heterocycles. The Hall–Kier alpha value is -0.530. The van der Waals surface area contributed by atoms with Crippen LogP contribution in [0.1, 0.15) is 40.0 Å². The molecule has 3 N–H and O–H groups in total. The Balaban J connectivity index is 0. The number of nitrogens with one attached hydrogen (secondary N) is 3. The number of halogens is 1. The highest BCUT2D eigenvalue weighted by molar-refractivity contribution is 14.0.